The van der Waals surface area contributed by atoms with Crippen LogP contribution >= 0.6 is 11.5 Å². The Morgan fingerprint density at radius 2 is 2.17 bits per heavy atom. The molecule has 1 fully saturated rings. The normalized spacial score (nSPS) is 17.0. The summed E-state index contributed by atoms with van der Waals surface area (Å²) < 4.78 is 14.7. The summed E-state index contributed by atoms with van der Waals surface area (Å²) in [7, 11) is 1.66. The zero-order chi connectivity index (χ0) is 16.8. The van der Waals surface area contributed by atoms with Gasteiger partial charge in [0.15, 0.2) is 0 Å². The fourth-order valence-electron chi connectivity index (χ4n) is 2.37. The number of nitrogens with one attached hydrogen (secondary N) is 2. The van der Waals surface area contributed by atoms with Gasteiger partial charge in [0.1, 0.15) is 11.9 Å². The zero-order valence-electron chi connectivity index (χ0n) is 13.4. The molecule has 0 bridgehead atoms. The highest BCUT2D eigenvalue weighted by Gasteiger charge is 2.23. The fourth-order valence-corrected chi connectivity index (χ4v) is 3.00. The van der Waals surface area contributed by atoms with Crippen molar-refractivity contribution in [1.29, 1.82) is 0 Å². The van der Waals surface area contributed by atoms with E-state index in [2.05, 4.69) is 20.0 Å². The fraction of sp³-hybridized carbons (Fsp3) is 0.438. The summed E-state index contributed by atoms with van der Waals surface area (Å²) in [4.78, 5) is 16.4. The number of ether oxygens (including phenoxy) is 2. The predicted molar refractivity (Wildman–Crippen MR) is 92.8 cm³/mol. The van der Waals surface area contributed by atoms with E-state index in [0.29, 0.717) is 19.6 Å². The van der Waals surface area contributed by atoms with Crippen molar-refractivity contribution >= 4 is 33.9 Å². The number of carbonyl (C=O) groups is 1. The van der Waals surface area contributed by atoms with Crippen LogP contribution in [0.5, 0.6) is 0 Å². The lowest BCUT2D eigenvalue weighted by Crippen LogP contribution is -2.26. The van der Waals surface area contributed by atoms with Gasteiger partial charge in [-0.3, -0.25) is 4.79 Å². The largest absolute Gasteiger partial charge is 0.384 e. The molecule has 1 aliphatic rings. The summed E-state index contributed by atoms with van der Waals surface area (Å²) in [5.74, 6) is 0.685. The highest BCUT2D eigenvalue weighted by molar-refractivity contribution is 7.09. The van der Waals surface area contributed by atoms with Gasteiger partial charge in [-0.15, -0.1) is 0 Å². The second-order valence-electron chi connectivity index (χ2n) is 5.45. The molecule has 1 atom stereocenters. The predicted octanol–water partition coefficient (Wildman–Crippen LogP) is 2.59. The lowest BCUT2D eigenvalue weighted by atomic mass is 10.2. The van der Waals surface area contributed by atoms with Crippen LogP contribution in [-0.4, -0.2) is 41.7 Å². The molecule has 2 N–H and O–H groups in total. The molecule has 2 heterocycles. The molecule has 128 valence electrons. The zero-order valence-corrected chi connectivity index (χ0v) is 14.3. The number of anilines is 3. The van der Waals surface area contributed by atoms with Crippen LogP contribution in [0.2, 0.25) is 0 Å². The smallest absolute Gasteiger partial charge is 0.253 e. The lowest BCUT2D eigenvalue weighted by Gasteiger charge is -2.11. The molecule has 2 aromatic rings. The third-order valence-corrected chi connectivity index (χ3v) is 4.29. The average Bonchev–Trinajstić information content (AvgIpc) is 3.26. The summed E-state index contributed by atoms with van der Waals surface area (Å²) in [5.41, 5.74) is 1.64. The number of hydrogen-bond acceptors (Lipinski definition) is 7. The van der Waals surface area contributed by atoms with Crippen LogP contribution in [0.1, 0.15) is 18.7 Å². The maximum atomic E-state index is 12.0. The number of amides is 1. The molecule has 3 rings (SSSR count). The molecule has 0 aliphatic carbocycles. The number of methoxy groups -OCH3 is 1. The van der Waals surface area contributed by atoms with Gasteiger partial charge in [-0.2, -0.15) is 4.37 Å². The highest BCUT2D eigenvalue weighted by Crippen LogP contribution is 2.21. The van der Waals surface area contributed by atoms with Gasteiger partial charge in [-0.05, 0) is 37.1 Å². The van der Waals surface area contributed by atoms with Crippen molar-refractivity contribution in [3.63, 3.8) is 0 Å². The van der Waals surface area contributed by atoms with Gasteiger partial charge in [-0.1, -0.05) is 0 Å². The summed E-state index contributed by atoms with van der Waals surface area (Å²) in [5, 5.41) is 6.81. The van der Waals surface area contributed by atoms with Crippen LogP contribution in [0.4, 0.5) is 16.5 Å². The molecule has 1 aromatic heterocycles. The van der Waals surface area contributed by atoms with Crippen LogP contribution < -0.4 is 10.6 Å². The maximum Gasteiger partial charge on any atom is 0.253 e. The van der Waals surface area contributed by atoms with E-state index in [9.17, 15) is 4.79 Å². The SMILES string of the molecule is COCCc1nsc(Nc2ccc(NC(=O)C3CCCO3)cc2)n1. The molecule has 1 saturated heterocycles. The Hall–Kier alpha value is -2.03. The van der Waals surface area contributed by atoms with Gasteiger partial charge in [0.2, 0.25) is 5.13 Å². The Balaban J connectivity index is 1.54. The third-order valence-electron chi connectivity index (χ3n) is 3.62. The molecule has 24 heavy (non-hydrogen) atoms. The van der Waals surface area contributed by atoms with Gasteiger partial charge in [0, 0.05) is 43.0 Å². The van der Waals surface area contributed by atoms with E-state index < -0.39 is 0 Å². The molecular formula is C16H20N4O3S. The summed E-state index contributed by atoms with van der Waals surface area (Å²) >= 11 is 1.31. The molecule has 7 nitrogen and oxygen atoms in total. The van der Waals surface area contributed by atoms with Crippen molar-refractivity contribution in [2.75, 3.05) is 31.0 Å². The average molecular weight is 348 g/mol. The highest BCUT2D eigenvalue weighted by atomic mass is 32.1. The van der Waals surface area contributed by atoms with E-state index >= 15 is 0 Å². The second kappa shape index (κ2) is 8.18. The molecule has 1 unspecified atom stereocenters. The third kappa shape index (κ3) is 4.50. The standard InChI is InChI=1S/C16H20N4O3S/c1-22-10-8-14-19-16(24-20-14)18-12-6-4-11(5-7-12)17-15(21)13-3-2-9-23-13/h4-7,13H,2-3,8-10H2,1H3,(H,17,21)(H,18,19,20). The van der Waals surface area contributed by atoms with Gasteiger partial charge in [0.25, 0.3) is 5.91 Å². The van der Waals surface area contributed by atoms with E-state index in [-0.39, 0.29) is 12.0 Å². The van der Waals surface area contributed by atoms with Crippen LogP contribution in [0.25, 0.3) is 0 Å². The Kier molecular flexibility index (Phi) is 5.73. The number of hydrogen-bond donors (Lipinski definition) is 2. The quantitative estimate of drug-likeness (QED) is 0.800. The summed E-state index contributed by atoms with van der Waals surface area (Å²) in [6.07, 6.45) is 2.10. The first-order chi connectivity index (χ1) is 11.7. The molecule has 0 saturated carbocycles. The maximum absolute atomic E-state index is 12.0. The van der Waals surface area contributed by atoms with Crippen molar-refractivity contribution in [3.05, 3.63) is 30.1 Å². The van der Waals surface area contributed by atoms with Crippen LogP contribution in [0.3, 0.4) is 0 Å². The van der Waals surface area contributed by atoms with Crippen LogP contribution in [0, 0.1) is 0 Å². The number of nitrogens with zero attached hydrogens (tertiary/aromatic N) is 2. The van der Waals surface area contributed by atoms with Crippen molar-refractivity contribution in [2.24, 2.45) is 0 Å². The minimum atomic E-state index is -0.324. The minimum absolute atomic E-state index is 0.0832. The first-order valence-electron chi connectivity index (χ1n) is 7.85. The lowest BCUT2D eigenvalue weighted by molar-refractivity contribution is -0.124. The Morgan fingerprint density at radius 3 is 2.88 bits per heavy atom. The van der Waals surface area contributed by atoms with E-state index in [4.69, 9.17) is 9.47 Å². The first kappa shape index (κ1) is 16.8. The van der Waals surface area contributed by atoms with Crippen molar-refractivity contribution in [1.82, 2.24) is 9.36 Å². The van der Waals surface area contributed by atoms with Crippen LogP contribution in [0.15, 0.2) is 24.3 Å². The Morgan fingerprint density at radius 1 is 1.38 bits per heavy atom. The first-order valence-corrected chi connectivity index (χ1v) is 8.63. The van der Waals surface area contributed by atoms with E-state index in [1.165, 1.54) is 11.5 Å². The number of rotatable bonds is 7. The Labute approximate surface area is 144 Å². The summed E-state index contributed by atoms with van der Waals surface area (Å²) in [6.45, 7) is 1.27. The second-order valence-corrected chi connectivity index (χ2v) is 6.20. The van der Waals surface area contributed by atoms with Gasteiger partial charge in [0.05, 0.1) is 6.61 Å². The van der Waals surface area contributed by atoms with E-state index in [1.54, 1.807) is 7.11 Å². The molecule has 1 amide bonds. The Bertz CT molecular complexity index is 668. The van der Waals surface area contributed by atoms with Gasteiger partial charge < -0.3 is 20.1 Å². The van der Waals surface area contributed by atoms with Gasteiger partial charge >= 0.3 is 0 Å². The van der Waals surface area contributed by atoms with Crippen molar-refractivity contribution in [2.45, 2.75) is 25.4 Å². The molecular weight excluding hydrogens is 328 g/mol. The molecule has 0 spiro atoms. The molecule has 0 radical (unpaired) electrons. The van der Waals surface area contributed by atoms with Crippen LogP contribution in [-0.2, 0) is 20.7 Å². The van der Waals surface area contributed by atoms with E-state index in [1.807, 2.05) is 24.3 Å². The van der Waals surface area contributed by atoms with Crippen molar-refractivity contribution < 1.29 is 14.3 Å². The summed E-state index contributed by atoms with van der Waals surface area (Å²) in [6, 6.07) is 7.48. The number of benzene rings is 1. The monoisotopic (exact) mass is 348 g/mol. The molecule has 1 aromatic carbocycles. The topological polar surface area (TPSA) is 85.4 Å². The number of carbonyl (C=O) groups excluding carboxylic acids is 1. The number of aromatic nitrogens is 2. The molecule has 1 aliphatic heterocycles. The molecule has 8 heteroatoms. The van der Waals surface area contributed by atoms with Crippen molar-refractivity contribution in [3.8, 4) is 0 Å². The van der Waals surface area contributed by atoms with E-state index in [0.717, 1.165) is 35.2 Å². The van der Waals surface area contributed by atoms with Gasteiger partial charge in [-0.25, -0.2) is 4.98 Å². The minimum Gasteiger partial charge on any atom is -0.384 e.